The van der Waals surface area contributed by atoms with Crippen molar-refractivity contribution in [2.75, 3.05) is 26.2 Å². The predicted octanol–water partition coefficient (Wildman–Crippen LogP) is 3.12. The molecule has 1 aromatic carbocycles. The van der Waals surface area contributed by atoms with Crippen LogP contribution in [0.4, 0.5) is 0 Å². The van der Waals surface area contributed by atoms with Crippen LogP contribution < -0.4 is 10.1 Å². The van der Waals surface area contributed by atoms with Crippen molar-refractivity contribution in [2.45, 2.75) is 27.7 Å². The van der Waals surface area contributed by atoms with Gasteiger partial charge in [-0.15, -0.1) is 11.3 Å². The molecule has 0 spiro atoms. The first-order valence-electron chi connectivity index (χ1n) is 8.76. The fourth-order valence-corrected chi connectivity index (χ4v) is 3.52. The topological polar surface area (TPSA) is 71.5 Å². The van der Waals surface area contributed by atoms with Gasteiger partial charge in [0.25, 0.3) is 5.91 Å². The van der Waals surface area contributed by atoms with Gasteiger partial charge in [0.2, 0.25) is 5.91 Å². The Morgan fingerprint density at radius 1 is 1.19 bits per heavy atom. The quantitative estimate of drug-likeness (QED) is 0.769. The molecule has 0 aliphatic heterocycles. The zero-order chi connectivity index (χ0) is 19.1. The minimum atomic E-state index is -0.161. The highest BCUT2D eigenvalue weighted by Gasteiger charge is 2.22. The molecule has 0 aliphatic carbocycles. The van der Waals surface area contributed by atoms with Crippen molar-refractivity contribution in [3.63, 3.8) is 0 Å². The van der Waals surface area contributed by atoms with E-state index in [2.05, 4.69) is 10.3 Å². The molecule has 1 N–H and O–H groups in total. The molecule has 0 bridgehead atoms. The first-order valence-corrected chi connectivity index (χ1v) is 9.58. The van der Waals surface area contributed by atoms with Crippen LogP contribution in [-0.2, 0) is 4.79 Å². The van der Waals surface area contributed by atoms with Gasteiger partial charge in [0.15, 0.2) is 0 Å². The molecule has 140 valence electrons. The summed E-state index contributed by atoms with van der Waals surface area (Å²) < 4.78 is 5.45. The third kappa shape index (κ3) is 4.82. The van der Waals surface area contributed by atoms with Crippen LogP contribution in [0.15, 0.2) is 24.3 Å². The normalized spacial score (nSPS) is 10.5. The van der Waals surface area contributed by atoms with Crippen LogP contribution >= 0.6 is 11.3 Å². The van der Waals surface area contributed by atoms with Crippen LogP contribution in [0.25, 0.3) is 10.6 Å². The van der Waals surface area contributed by atoms with Crippen molar-refractivity contribution >= 4 is 23.2 Å². The summed E-state index contributed by atoms with van der Waals surface area (Å²) in [7, 11) is 0. The number of likely N-dealkylation sites (N-methyl/N-ethyl adjacent to an activating group) is 2. The van der Waals surface area contributed by atoms with Gasteiger partial charge in [0, 0.05) is 18.7 Å². The van der Waals surface area contributed by atoms with E-state index in [-0.39, 0.29) is 18.4 Å². The van der Waals surface area contributed by atoms with E-state index in [4.69, 9.17) is 4.74 Å². The molecule has 0 radical (unpaired) electrons. The summed E-state index contributed by atoms with van der Waals surface area (Å²) in [5, 5.41) is 3.50. The molecule has 2 amide bonds. The van der Waals surface area contributed by atoms with Crippen molar-refractivity contribution in [2.24, 2.45) is 0 Å². The van der Waals surface area contributed by atoms with Crippen molar-refractivity contribution < 1.29 is 14.3 Å². The number of aryl methyl sites for hydroxylation is 1. The molecule has 2 rings (SSSR count). The summed E-state index contributed by atoms with van der Waals surface area (Å²) in [6.07, 6.45) is 0. The second-order valence-corrected chi connectivity index (χ2v) is 6.66. The van der Waals surface area contributed by atoms with E-state index in [1.54, 1.807) is 0 Å². The Morgan fingerprint density at radius 3 is 2.46 bits per heavy atom. The van der Waals surface area contributed by atoms with E-state index in [0.29, 0.717) is 30.3 Å². The number of thiazole rings is 1. The Hall–Kier alpha value is -2.41. The second kappa shape index (κ2) is 9.33. The highest BCUT2D eigenvalue weighted by atomic mass is 32.1. The number of ether oxygens (including phenoxy) is 1. The maximum atomic E-state index is 12.8. The van der Waals surface area contributed by atoms with E-state index in [1.807, 2.05) is 52.0 Å². The average molecular weight is 375 g/mol. The number of hydrogen-bond donors (Lipinski definition) is 1. The highest BCUT2D eigenvalue weighted by molar-refractivity contribution is 7.17. The number of rotatable bonds is 8. The smallest absolute Gasteiger partial charge is 0.266 e. The molecule has 1 aromatic heterocycles. The lowest BCUT2D eigenvalue weighted by molar-refractivity contribution is -0.121. The van der Waals surface area contributed by atoms with Gasteiger partial charge in [-0.2, -0.15) is 0 Å². The summed E-state index contributed by atoms with van der Waals surface area (Å²) in [6.45, 7) is 9.16. The molecular formula is C19H25N3O3S. The summed E-state index contributed by atoms with van der Waals surface area (Å²) in [4.78, 5) is 31.3. The van der Waals surface area contributed by atoms with Crippen molar-refractivity contribution in [1.29, 1.82) is 0 Å². The third-order valence-corrected chi connectivity index (χ3v) is 4.97. The van der Waals surface area contributed by atoms with Crippen molar-refractivity contribution in [3.8, 4) is 16.3 Å². The maximum absolute atomic E-state index is 12.8. The summed E-state index contributed by atoms with van der Waals surface area (Å²) in [5.74, 6) is 0.488. The van der Waals surface area contributed by atoms with E-state index < -0.39 is 0 Å². The highest BCUT2D eigenvalue weighted by Crippen LogP contribution is 2.30. The number of amides is 2. The van der Waals surface area contributed by atoms with Gasteiger partial charge in [0.05, 0.1) is 18.8 Å². The first kappa shape index (κ1) is 19.9. The van der Waals surface area contributed by atoms with E-state index in [0.717, 1.165) is 16.3 Å². The molecule has 1 heterocycles. The van der Waals surface area contributed by atoms with Crippen LogP contribution in [0.2, 0.25) is 0 Å². The van der Waals surface area contributed by atoms with Gasteiger partial charge in [-0.3, -0.25) is 9.59 Å². The Kier molecular flexibility index (Phi) is 7.15. The predicted molar refractivity (Wildman–Crippen MR) is 104 cm³/mol. The molecule has 0 fully saturated rings. The summed E-state index contributed by atoms with van der Waals surface area (Å²) >= 11 is 1.35. The van der Waals surface area contributed by atoms with Crippen LogP contribution in [0.3, 0.4) is 0 Å². The van der Waals surface area contributed by atoms with Crippen LogP contribution in [0.5, 0.6) is 5.75 Å². The number of carbonyl (C=O) groups excluding carboxylic acids is 2. The number of nitrogens with one attached hydrogen (secondary N) is 1. The van der Waals surface area contributed by atoms with Gasteiger partial charge in [0.1, 0.15) is 15.6 Å². The average Bonchev–Trinajstić information content (AvgIpc) is 3.02. The summed E-state index contributed by atoms with van der Waals surface area (Å²) in [5.41, 5.74) is 1.62. The van der Waals surface area contributed by atoms with Crippen molar-refractivity contribution in [3.05, 3.63) is 34.8 Å². The lowest BCUT2D eigenvalue weighted by Crippen LogP contribution is -2.40. The van der Waals surface area contributed by atoms with E-state index in [9.17, 15) is 9.59 Å². The summed E-state index contributed by atoms with van der Waals surface area (Å²) in [6, 6.07) is 7.66. The lowest BCUT2D eigenvalue weighted by atomic mass is 10.2. The standard InChI is InChI=1S/C19H25N3O3S/c1-5-20-16(23)12-22(6-2)19(24)17-13(4)21-18(26-17)14-8-10-15(11-9-14)25-7-3/h8-11H,5-7,12H2,1-4H3,(H,20,23). The van der Waals surface area contributed by atoms with Crippen molar-refractivity contribution in [1.82, 2.24) is 15.2 Å². The first-order chi connectivity index (χ1) is 12.5. The largest absolute Gasteiger partial charge is 0.494 e. The van der Waals surface area contributed by atoms with Crippen LogP contribution in [0, 0.1) is 6.92 Å². The number of nitrogens with zero attached hydrogens (tertiary/aromatic N) is 2. The zero-order valence-corrected chi connectivity index (χ0v) is 16.5. The minimum Gasteiger partial charge on any atom is -0.494 e. The SMILES string of the molecule is CCNC(=O)CN(CC)C(=O)c1sc(-c2ccc(OCC)cc2)nc1C. The van der Waals surface area contributed by atoms with E-state index >= 15 is 0 Å². The molecule has 2 aromatic rings. The molecule has 0 unspecified atom stereocenters. The maximum Gasteiger partial charge on any atom is 0.266 e. The number of hydrogen-bond acceptors (Lipinski definition) is 5. The molecule has 0 saturated carbocycles. The van der Waals surface area contributed by atoms with Crippen LogP contribution in [0.1, 0.15) is 36.1 Å². The van der Waals surface area contributed by atoms with Gasteiger partial charge < -0.3 is 15.0 Å². The fourth-order valence-electron chi connectivity index (χ4n) is 2.48. The van der Waals surface area contributed by atoms with E-state index in [1.165, 1.54) is 16.2 Å². The molecule has 26 heavy (non-hydrogen) atoms. The zero-order valence-electron chi connectivity index (χ0n) is 15.7. The Bertz CT molecular complexity index is 756. The molecule has 6 nitrogen and oxygen atoms in total. The van der Waals surface area contributed by atoms with Gasteiger partial charge in [-0.25, -0.2) is 4.98 Å². The number of carbonyl (C=O) groups is 2. The van der Waals surface area contributed by atoms with Gasteiger partial charge in [-0.1, -0.05) is 0 Å². The second-order valence-electron chi connectivity index (χ2n) is 5.66. The van der Waals surface area contributed by atoms with Crippen LogP contribution in [-0.4, -0.2) is 47.9 Å². The Morgan fingerprint density at radius 2 is 1.88 bits per heavy atom. The molecule has 0 atom stereocenters. The van der Waals surface area contributed by atoms with Gasteiger partial charge >= 0.3 is 0 Å². The monoisotopic (exact) mass is 375 g/mol. The third-order valence-electron chi connectivity index (χ3n) is 3.78. The number of benzene rings is 1. The Labute approximate surface area is 158 Å². The molecule has 7 heteroatoms. The molecule has 0 saturated heterocycles. The van der Waals surface area contributed by atoms with Gasteiger partial charge in [-0.05, 0) is 52.0 Å². The lowest BCUT2D eigenvalue weighted by Gasteiger charge is -2.19. The minimum absolute atomic E-state index is 0.0545. The fraction of sp³-hybridized carbons (Fsp3) is 0.421. The Balaban J connectivity index is 2.20. The molecular weight excluding hydrogens is 350 g/mol. The number of aromatic nitrogens is 1. The molecule has 0 aliphatic rings.